The van der Waals surface area contributed by atoms with Gasteiger partial charge in [-0.1, -0.05) is 0 Å². The predicted molar refractivity (Wildman–Crippen MR) is 61.5 cm³/mol. The molecule has 84 valence electrons. The fourth-order valence-corrected chi connectivity index (χ4v) is 1.14. The van der Waals surface area contributed by atoms with Crippen molar-refractivity contribution in [3.8, 4) is 11.5 Å². The molecular weight excluding hydrogens is 192 g/mol. The molecule has 0 aliphatic carbocycles. The zero-order valence-corrected chi connectivity index (χ0v) is 9.49. The quantitative estimate of drug-likeness (QED) is 0.742. The first-order valence-corrected chi connectivity index (χ1v) is 4.84. The van der Waals surface area contributed by atoms with Gasteiger partial charge in [-0.2, -0.15) is 0 Å². The lowest BCUT2D eigenvalue weighted by Crippen LogP contribution is -2.19. The molecule has 0 heterocycles. The highest BCUT2D eigenvalue weighted by Gasteiger charge is 2.00. The van der Waals surface area contributed by atoms with E-state index in [0.29, 0.717) is 12.3 Å². The molecule has 1 rings (SSSR count). The molecule has 0 aliphatic heterocycles. The van der Waals surface area contributed by atoms with Crippen LogP contribution in [-0.2, 0) is 0 Å². The van der Waals surface area contributed by atoms with Crippen molar-refractivity contribution in [1.29, 1.82) is 0 Å². The summed E-state index contributed by atoms with van der Waals surface area (Å²) in [4.78, 5) is 2.06. The molecule has 1 aromatic rings. The van der Waals surface area contributed by atoms with Crippen molar-refractivity contribution < 1.29 is 9.47 Å². The van der Waals surface area contributed by atoms with Crippen LogP contribution in [0.25, 0.3) is 0 Å². The molecule has 0 aromatic heterocycles. The normalized spacial score (nSPS) is 10.4. The molecule has 0 saturated heterocycles. The number of ether oxygens (including phenoxy) is 2. The van der Waals surface area contributed by atoms with Crippen molar-refractivity contribution in [2.75, 3.05) is 40.1 Å². The van der Waals surface area contributed by atoms with Gasteiger partial charge < -0.3 is 20.1 Å². The highest BCUT2D eigenvalue weighted by atomic mass is 16.5. The number of nitrogen functional groups attached to an aromatic ring is 1. The lowest BCUT2D eigenvalue weighted by atomic mass is 10.3. The van der Waals surface area contributed by atoms with Gasteiger partial charge in [0.15, 0.2) is 0 Å². The third kappa shape index (κ3) is 4.08. The number of nitrogens with two attached hydrogens (primary N) is 1. The predicted octanol–water partition coefficient (Wildman–Crippen LogP) is 1.22. The Morgan fingerprint density at radius 1 is 1.20 bits per heavy atom. The SMILES string of the molecule is COc1cc(N)cc(OCCN(C)C)c1. The molecule has 0 saturated carbocycles. The van der Waals surface area contributed by atoms with E-state index >= 15 is 0 Å². The summed E-state index contributed by atoms with van der Waals surface area (Å²) in [6.07, 6.45) is 0. The van der Waals surface area contributed by atoms with E-state index in [4.69, 9.17) is 15.2 Å². The maximum atomic E-state index is 5.70. The van der Waals surface area contributed by atoms with E-state index in [2.05, 4.69) is 4.90 Å². The van der Waals surface area contributed by atoms with Crippen molar-refractivity contribution in [3.05, 3.63) is 18.2 Å². The van der Waals surface area contributed by atoms with Gasteiger partial charge in [-0.15, -0.1) is 0 Å². The number of likely N-dealkylation sites (N-methyl/N-ethyl adjacent to an activating group) is 1. The summed E-state index contributed by atoms with van der Waals surface area (Å²) in [5, 5.41) is 0. The van der Waals surface area contributed by atoms with Gasteiger partial charge >= 0.3 is 0 Å². The molecule has 4 nitrogen and oxygen atoms in total. The van der Waals surface area contributed by atoms with E-state index in [1.807, 2.05) is 20.2 Å². The Labute approximate surface area is 90.6 Å². The largest absolute Gasteiger partial charge is 0.497 e. The lowest BCUT2D eigenvalue weighted by molar-refractivity contribution is 0.260. The van der Waals surface area contributed by atoms with Crippen LogP contribution >= 0.6 is 0 Å². The summed E-state index contributed by atoms with van der Waals surface area (Å²) in [5.74, 6) is 1.46. The lowest BCUT2D eigenvalue weighted by Gasteiger charge is -2.12. The average molecular weight is 210 g/mol. The molecule has 0 radical (unpaired) electrons. The van der Waals surface area contributed by atoms with Gasteiger partial charge in [-0.3, -0.25) is 0 Å². The zero-order valence-electron chi connectivity index (χ0n) is 9.49. The Hall–Kier alpha value is -1.42. The number of rotatable bonds is 5. The number of hydrogen-bond acceptors (Lipinski definition) is 4. The Morgan fingerprint density at radius 3 is 2.47 bits per heavy atom. The number of nitrogens with zero attached hydrogens (tertiary/aromatic N) is 1. The van der Waals surface area contributed by atoms with E-state index in [1.54, 1.807) is 19.2 Å². The third-order valence-corrected chi connectivity index (χ3v) is 1.95. The van der Waals surface area contributed by atoms with Crippen LogP contribution in [0.4, 0.5) is 5.69 Å². The second-order valence-corrected chi connectivity index (χ2v) is 3.59. The molecule has 4 heteroatoms. The van der Waals surface area contributed by atoms with Crippen molar-refractivity contribution in [1.82, 2.24) is 4.90 Å². The number of methoxy groups -OCH3 is 1. The molecule has 0 fully saturated rings. The molecule has 0 unspecified atom stereocenters. The van der Waals surface area contributed by atoms with Gasteiger partial charge in [0, 0.05) is 30.4 Å². The van der Waals surface area contributed by atoms with Gasteiger partial charge in [0.1, 0.15) is 18.1 Å². The van der Waals surface area contributed by atoms with Gasteiger partial charge in [-0.25, -0.2) is 0 Å². The van der Waals surface area contributed by atoms with Crippen LogP contribution < -0.4 is 15.2 Å². The average Bonchev–Trinajstić information content (AvgIpc) is 2.16. The van der Waals surface area contributed by atoms with Crippen LogP contribution in [0.5, 0.6) is 11.5 Å². The van der Waals surface area contributed by atoms with Crippen molar-refractivity contribution in [2.24, 2.45) is 0 Å². The second kappa shape index (κ2) is 5.46. The van der Waals surface area contributed by atoms with E-state index in [0.717, 1.165) is 18.0 Å². The summed E-state index contributed by atoms with van der Waals surface area (Å²) < 4.78 is 10.6. The Bertz CT molecular complexity index is 313. The molecule has 0 spiro atoms. The summed E-state index contributed by atoms with van der Waals surface area (Å²) in [7, 11) is 5.62. The fraction of sp³-hybridized carbons (Fsp3) is 0.455. The highest BCUT2D eigenvalue weighted by molar-refractivity contribution is 5.50. The van der Waals surface area contributed by atoms with E-state index in [-0.39, 0.29) is 0 Å². The first kappa shape index (κ1) is 11.7. The Kier molecular flexibility index (Phi) is 4.24. The smallest absolute Gasteiger partial charge is 0.125 e. The Morgan fingerprint density at radius 2 is 1.87 bits per heavy atom. The van der Waals surface area contributed by atoms with Crippen molar-refractivity contribution >= 4 is 5.69 Å². The molecule has 0 aliphatic rings. The van der Waals surface area contributed by atoms with Crippen LogP contribution in [0.3, 0.4) is 0 Å². The van der Waals surface area contributed by atoms with Gasteiger partial charge in [0.2, 0.25) is 0 Å². The first-order valence-electron chi connectivity index (χ1n) is 4.84. The number of benzene rings is 1. The zero-order chi connectivity index (χ0) is 11.3. The first-order chi connectivity index (χ1) is 7.11. The van der Waals surface area contributed by atoms with Crippen LogP contribution in [0.1, 0.15) is 0 Å². The summed E-state index contributed by atoms with van der Waals surface area (Å²) >= 11 is 0. The Balaban J connectivity index is 2.56. The van der Waals surface area contributed by atoms with E-state index in [1.165, 1.54) is 0 Å². The maximum absolute atomic E-state index is 5.70. The monoisotopic (exact) mass is 210 g/mol. The number of anilines is 1. The maximum Gasteiger partial charge on any atom is 0.125 e. The number of hydrogen-bond donors (Lipinski definition) is 1. The summed E-state index contributed by atoms with van der Waals surface area (Å²) in [6, 6.07) is 5.38. The van der Waals surface area contributed by atoms with Gasteiger partial charge in [-0.05, 0) is 14.1 Å². The molecule has 0 atom stereocenters. The van der Waals surface area contributed by atoms with Crippen LogP contribution in [0.15, 0.2) is 18.2 Å². The third-order valence-electron chi connectivity index (χ3n) is 1.95. The highest BCUT2D eigenvalue weighted by Crippen LogP contribution is 2.23. The molecule has 0 bridgehead atoms. The van der Waals surface area contributed by atoms with Crippen molar-refractivity contribution in [2.45, 2.75) is 0 Å². The van der Waals surface area contributed by atoms with Crippen LogP contribution in [0, 0.1) is 0 Å². The molecule has 1 aromatic carbocycles. The standard InChI is InChI=1S/C11H18N2O2/c1-13(2)4-5-15-11-7-9(12)6-10(8-11)14-3/h6-8H,4-5,12H2,1-3H3. The van der Waals surface area contributed by atoms with Crippen molar-refractivity contribution in [3.63, 3.8) is 0 Å². The topological polar surface area (TPSA) is 47.7 Å². The molecular formula is C11H18N2O2. The molecule has 2 N–H and O–H groups in total. The minimum absolute atomic E-state index is 0.638. The summed E-state index contributed by atoms with van der Waals surface area (Å²) in [6.45, 7) is 1.51. The second-order valence-electron chi connectivity index (χ2n) is 3.59. The summed E-state index contributed by atoms with van der Waals surface area (Å²) in [5.41, 5.74) is 6.34. The fourth-order valence-electron chi connectivity index (χ4n) is 1.14. The minimum atomic E-state index is 0.638. The molecule has 0 amide bonds. The van der Waals surface area contributed by atoms with Gasteiger partial charge in [0.25, 0.3) is 0 Å². The van der Waals surface area contributed by atoms with E-state index in [9.17, 15) is 0 Å². The van der Waals surface area contributed by atoms with Gasteiger partial charge in [0.05, 0.1) is 7.11 Å². The minimum Gasteiger partial charge on any atom is -0.497 e. The molecule has 15 heavy (non-hydrogen) atoms. The van der Waals surface area contributed by atoms with Crippen LogP contribution in [0.2, 0.25) is 0 Å². The van der Waals surface area contributed by atoms with E-state index < -0.39 is 0 Å². The van der Waals surface area contributed by atoms with Crippen LogP contribution in [-0.4, -0.2) is 39.3 Å².